The minimum atomic E-state index is -4.65. The maximum Gasteiger partial charge on any atom is 1.00 e. The average Bonchev–Trinajstić information content (AvgIpc) is 2.88. The number of hydrogen-bond donors (Lipinski definition) is 4. The Morgan fingerprint density at radius 2 is 0.902 bits per heavy atom. The molecule has 0 bridgehead atoms. The van der Waals surface area contributed by atoms with E-state index in [2.05, 4.69) is 10.6 Å². The van der Waals surface area contributed by atoms with E-state index in [4.69, 9.17) is 0 Å². The molecule has 4 N–H and O–H groups in total. The fourth-order valence-electron chi connectivity index (χ4n) is 4.61. The molecule has 0 fully saturated rings. The van der Waals surface area contributed by atoms with Crippen molar-refractivity contribution in [3.8, 4) is 0 Å². The standard InChI is InChI=1S/C28H22N2O8S2.Na/c1-15-7-9-19(23(13-15)39(33,34)35)29-21-11-12-22(30-20-10-8-16(2)14-24(20)40(36,37)38)26-25(21)27(31)17-5-3-4-6-18(17)28(26)32;/h3-14,29-30H,1-2H3,(H,33,34,35)(H,36,37,38);/q;+1. The van der Waals surface area contributed by atoms with Crippen molar-refractivity contribution in [3.63, 3.8) is 0 Å². The molecule has 0 spiro atoms. The molecule has 5 rings (SSSR count). The summed E-state index contributed by atoms with van der Waals surface area (Å²) in [4.78, 5) is 26.7. The first kappa shape index (κ1) is 30.6. The summed E-state index contributed by atoms with van der Waals surface area (Å²) in [5.74, 6) is -1.06. The van der Waals surface area contributed by atoms with Crippen LogP contribution in [0.5, 0.6) is 0 Å². The molecular formula is C28H22N2NaO8S2+. The number of aryl methyl sites for hydroxylation is 2. The Hall–Kier alpha value is -3.36. The first-order valence-electron chi connectivity index (χ1n) is 11.8. The maximum absolute atomic E-state index is 13.8. The number of fused-ring (bicyclic) bond motifs is 2. The SMILES string of the molecule is Cc1ccc(Nc2ccc(Nc3ccc(C)cc3S(=O)(=O)O)c3c2C(=O)c2ccccc2C3=O)c(S(=O)(=O)O)c1.[Na+]. The van der Waals surface area contributed by atoms with Gasteiger partial charge in [-0.3, -0.25) is 18.7 Å². The molecule has 4 aromatic rings. The van der Waals surface area contributed by atoms with E-state index in [1.54, 1.807) is 38.1 Å². The Morgan fingerprint density at radius 1 is 0.561 bits per heavy atom. The van der Waals surface area contributed by atoms with Gasteiger partial charge in [-0.25, -0.2) is 0 Å². The van der Waals surface area contributed by atoms with Crippen LogP contribution >= 0.6 is 0 Å². The summed E-state index contributed by atoms with van der Waals surface area (Å²) in [6.07, 6.45) is 0. The van der Waals surface area contributed by atoms with E-state index in [0.29, 0.717) is 11.1 Å². The zero-order chi connectivity index (χ0) is 29.0. The van der Waals surface area contributed by atoms with Crippen LogP contribution in [0.2, 0.25) is 0 Å². The van der Waals surface area contributed by atoms with Crippen molar-refractivity contribution >= 4 is 54.6 Å². The second-order valence-corrected chi connectivity index (χ2v) is 12.1. The maximum atomic E-state index is 13.8. The molecule has 41 heavy (non-hydrogen) atoms. The predicted molar refractivity (Wildman–Crippen MR) is 148 cm³/mol. The van der Waals surface area contributed by atoms with Crippen molar-refractivity contribution in [1.29, 1.82) is 0 Å². The van der Waals surface area contributed by atoms with E-state index in [1.165, 1.54) is 48.5 Å². The molecular weight excluding hydrogens is 579 g/mol. The third-order valence-corrected chi connectivity index (χ3v) is 8.23. The summed E-state index contributed by atoms with van der Waals surface area (Å²) < 4.78 is 67.9. The molecule has 0 amide bonds. The molecule has 1 aliphatic rings. The molecule has 0 aliphatic heterocycles. The minimum absolute atomic E-state index is 0. The van der Waals surface area contributed by atoms with E-state index < -0.39 is 41.6 Å². The molecule has 10 nitrogen and oxygen atoms in total. The third-order valence-electron chi connectivity index (χ3n) is 6.44. The molecule has 204 valence electrons. The zero-order valence-corrected chi connectivity index (χ0v) is 25.7. The van der Waals surface area contributed by atoms with Gasteiger partial charge in [-0.2, -0.15) is 16.8 Å². The van der Waals surface area contributed by atoms with Crippen LogP contribution in [-0.4, -0.2) is 37.5 Å². The Balaban J connectivity index is 0.00000387. The van der Waals surface area contributed by atoms with Crippen LogP contribution in [0.3, 0.4) is 0 Å². The van der Waals surface area contributed by atoms with Crippen molar-refractivity contribution in [2.75, 3.05) is 10.6 Å². The van der Waals surface area contributed by atoms with E-state index in [9.17, 15) is 35.5 Å². The average molecular weight is 602 g/mol. The molecule has 0 radical (unpaired) electrons. The Kier molecular flexibility index (Phi) is 8.31. The second kappa shape index (κ2) is 11.1. The molecule has 1 aliphatic carbocycles. The summed E-state index contributed by atoms with van der Waals surface area (Å²) in [5, 5.41) is 5.75. The number of hydrogen-bond acceptors (Lipinski definition) is 8. The van der Waals surface area contributed by atoms with Crippen molar-refractivity contribution < 1.29 is 65.1 Å². The van der Waals surface area contributed by atoms with Crippen LogP contribution in [0, 0.1) is 13.8 Å². The number of carbonyl (C=O) groups excluding carboxylic acids is 2. The molecule has 4 aromatic carbocycles. The summed E-state index contributed by atoms with van der Waals surface area (Å²) in [7, 11) is -9.30. The van der Waals surface area contributed by atoms with Crippen LogP contribution in [0.1, 0.15) is 43.0 Å². The van der Waals surface area contributed by atoms with Crippen molar-refractivity contribution in [2.24, 2.45) is 0 Å². The number of rotatable bonds is 6. The quantitative estimate of drug-likeness (QED) is 0.167. The van der Waals surface area contributed by atoms with E-state index in [1.807, 2.05) is 0 Å². The van der Waals surface area contributed by atoms with Crippen LogP contribution in [0.25, 0.3) is 0 Å². The fourth-order valence-corrected chi connectivity index (χ4v) is 6.08. The number of anilines is 4. The summed E-state index contributed by atoms with van der Waals surface area (Å²) >= 11 is 0. The van der Waals surface area contributed by atoms with Gasteiger partial charge in [0.05, 0.1) is 33.9 Å². The van der Waals surface area contributed by atoms with Gasteiger partial charge in [0, 0.05) is 11.1 Å². The predicted octanol–water partition coefficient (Wildman–Crippen LogP) is 2.06. The van der Waals surface area contributed by atoms with Gasteiger partial charge in [0.25, 0.3) is 20.2 Å². The topological polar surface area (TPSA) is 167 Å². The van der Waals surface area contributed by atoms with Gasteiger partial charge >= 0.3 is 29.6 Å². The Morgan fingerprint density at radius 3 is 1.24 bits per heavy atom. The second-order valence-electron chi connectivity index (χ2n) is 9.31. The number of benzene rings is 4. The van der Waals surface area contributed by atoms with Gasteiger partial charge in [0.15, 0.2) is 11.6 Å². The Bertz CT molecular complexity index is 1830. The Labute approximate surface area is 258 Å². The smallest absolute Gasteiger partial charge is 0.354 e. The van der Waals surface area contributed by atoms with Gasteiger partial charge in [-0.05, 0) is 61.4 Å². The van der Waals surface area contributed by atoms with Crippen LogP contribution in [0.15, 0.2) is 82.6 Å². The van der Waals surface area contributed by atoms with Crippen LogP contribution in [0.4, 0.5) is 22.7 Å². The number of ketones is 2. The van der Waals surface area contributed by atoms with Gasteiger partial charge in [0.2, 0.25) is 0 Å². The molecule has 13 heteroatoms. The number of carbonyl (C=O) groups is 2. The van der Waals surface area contributed by atoms with E-state index in [0.717, 1.165) is 0 Å². The fraction of sp³-hybridized carbons (Fsp3) is 0.0714. The van der Waals surface area contributed by atoms with Gasteiger partial charge < -0.3 is 10.6 Å². The normalized spacial score (nSPS) is 12.7. The van der Waals surface area contributed by atoms with Gasteiger partial charge in [-0.1, -0.05) is 36.4 Å². The minimum Gasteiger partial charge on any atom is -0.354 e. The van der Waals surface area contributed by atoms with Gasteiger partial charge in [0.1, 0.15) is 9.79 Å². The molecule has 0 aromatic heterocycles. The molecule has 0 atom stereocenters. The summed E-state index contributed by atoms with van der Waals surface area (Å²) in [6, 6.07) is 17.6. The van der Waals surface area contributed by atoms with E-state index in [-0.39, 0.29) is 74.6 Å². The molecule has 0 heterocycles. The van der Waals surface area contributed by atoms with Crippen molar-refractivity contribution in [1.82, 2.24) is 0 Å². The first-order valence-corrected chi connectivity index (χ1v) is 14.7. The van der Waals surface area contributed by atoms with Gasteiger partial charge in [-0.15, -0.1) is 0 Å². The van der Waals surface area contributed by atoms with Crippen LogP contribution in [-0.2, 0) is 20.2 Å². The third kappa shape index (κ3) is 5.86. The molecule has 0 saturated heterocycles. The first-order chi connectivity index (χ1) is 18.8. The largest absolute Gasteiger partial charge is 1.00 e. The molecule has 0 saturated carbocycles. The monoisotopic (exact) mass is 601 g/mol. The zero-order valence-electron chi connectivity index (χ0n) is 22.1. The van der Waals surface area contributed by atoms with Crippen LogP contribution < -0.4 is 40.2 Å². The van der Waals surface area contributed by atoms with E-state index >= 15 is 0 Å². The van der Waals surface area contributed by atoms with Crippen molar-refractivity contribution in [3.05, 3.63) is 106 Å². The number of nitrogens with one attached hydrogen (secondary N) is 2. The summed E-state index contributed by atoms with van der Waals surface area (Å²) in [6.45, 7) is 3.29. The summed E-state index contributed by atoms with van der Waals surface area (Å²) in [5.41, 5.74) is 1.33. The van der Waals surface area contributed by atoms with Crippen molar-refractivity contribution in [2.45, 2.75) is 23.6 Å². The molecule has 0 unspecified atom stereocenters.